The smallest absolute Gasteiger partial charge is 0.0506 e. The molecule has 3 aliphatic rings. The van der Waals surface area contributed by atoms with Crippen molar-refractivity contribution in [1.82, 2.24) is 15.1 Å². The van der Waals surface area contributed by atoms with Crippen molar-refractivity contribution < 1.29 is 0 Å². The Morgan fingerprint density at radius 3 is 2.55 bits per heavy atom. The molecule has 3 nitrogen and oxygen atoms in total. The van der Waals surface area contributed by atoms with Crippen LogP contribution in [0.1, 0.15) is 36.3 Å². The Kier molecular flexibility index (Phi) is 3.97. The van der Waals surface area contributed by atoms with Crippen LogP contribution in [-0.4, -0.2) is 55.7 Å². The predicted octanol–water partition coefficient (Wildman–Crippen LogP) is 2.43. The van der Waals surface area contributed by atoms with Crippen LogP contribution in [0.3, 0.4) is 0 Å². The molecule has 0 radical (unpaired) electrons. The molecule has 120 valence electrons. The van der Waals surface area contributed by atoms with Crippen LogP contribution < -0.4 is 5.32 Å². The average molecular weight is 299 g/mol. The molecule has 4 rings (SSSR count). The minimum atomic E-state index is 0.668. The van der Waals surface area contributed by atoms with Crippen LogP contribution in [-0.2, 0) is 0 Å². The SMILES string of the molecule is Cc1ccc(C2CCN(CN3CC4(CCNCC4)C3)C2)cc1. The highest BCUT2D eigenvalue weighted by Crippen LogP contribution is 2.39. The summed E-state index contributed by atoms with van der Waals surface area (Å²) >= 11 is 0. The maximum atomic E-state index is 3.50. The molecular formula is C19H29N3. The van der Waals surface area contributed by atoms with E-state index in [1.165, 1.54) is 76.3 Å². The van der Waals surface area contributed by atoms with Gasteiger partial charge in [0.1, 0.15) is 0 Å². The number of likely N-dealkylation sites (tertiary alicyclic amines) is 2. The van der Waals surface area contributed by atoms with E-state index in [0.717, 1.165) is 5.92 Å². The highest BCUT2D eigenvalue weighted by molar-refractivity contribution is 5.25. The summed E-state index contributed by atoms with van der Waals surface area (Å²) in [7, 11) is 0. The molecule has 1 aromatic carbocycles. The number of nitrogens with zero attached hydrogens (tertiary/aromatic N) is 2. The Morgan fingerprint density at radius 1 is 1.09 bits per heavy atom. The second-order valence-corrected chi connectivity index (χ2v) is 7.85. The summed E-state index contributed by atoms with van der Waals surface area (Å²) in [4.78, 5) is 5.33. The molecule has 0 amide bonds. The predicted molar refractivity (Wildman–Crippen MR) is 91.1 cm³/mol. The molecule has 1 unspecified atom stereocenters. The third kappa shape index (κ3) is 2.94. The van der Waals surface area contributed by atoms with E-state index in [9.17, 15) is 0 Å². The largest absolute Gasteiger partial charge is 0.317 e. The Morgan fingerprint density at radius 2 is 1.82 bits per heavy atom. The second kappa shape index (κ2) is 5.95. The average Bonchev–Trinajstić information content (AvgIpc) is 2.96. The first-order valence-electron chi connectivity index (χ1n) is 8.95. The van der Waals surface area contributed by atoms with Crippen LogP contribution in [0, 0.1) is 12.3 Å². The lowest BCUT2D eigenvalue weighted by atomic mass is 9.72. The molecule has 3 fully saturated rings. The van der Waals surface area contributed by atoms with E-state index in [4.69, 9.17) is 0 Å². The minimum Gasteiger partial charge on any atom is -0.317 e. The molecule has 1 aromatic rings. The van der Waals surface area contributed by atoms with Crippen molar-refractivity contribution >= 4 is 0 Å². The molecule has 0 saturated carbocycles. The summed E-state index contributed by atoms with van der Waals surface area (Å²) in [6.07, 6.45) is 4.09. The van der Waals surface area contributed by atoms with E-state index in [1.54, 1.807) is 0 Å². The highest BCUT2D eigenvalue weighted by atomic mass is 15.4. The van der Waals surface area contributed by atoms with E-state index in [0.29, 0.717) is 5.41 Å². The zero-order valence-corrected chi connectivity index (χ0v) is 13.9. The Bertz CT molecular complexity index is 496. The minimum absolute atomic E-state index is 0.668. The fourth-order valence-corrected chi connectivity index (χ4v) is 4.63. The van der Waals surface area contributed by atoms with Gasteiger partial charge in [-0.25, -0.2) is 0 Å². The normalized spacial score (nSPS) is 28.9. The van der Waals surface area contributed by atoms with Gasteiger partial charge in [0.05, 0.1) is 6.67 Å². The van der Waals surface area contributed by atoms with Crippen molar-refractivity contribution in [2.75, 3.05) is 45.9 Å². The van der Waals surface area contributed by atoms with Gasteiger partial charge in [0.2, 0.25) is 0 Å². The molecule has 3 heteroatoms. The molecule has 1 N–H and O–H groups in total. The van der Waals surface area contributed by atoms with E-state index in [2.05, 4.69) is 46.3 Å². The molecule has 1 atom stereocenters. The highest BCUT2D eigenvalue weighted by Gasteiger charge is 2.43. The van der Waals surface area contributed by atoms with Gasteiger partial charge in [-0.2, -0.15) is 0 Å². The van der Waals surface area contributed by atoms with Crippen molar-refractivity contribution in [3.8, 4) is 0 Å². The number of benzene rings is 1. The van der Waals surface area contributed by atoms with Gasteiger partial charge in [-0.3, -0.25) is 9.80 Å². The number of rotatable bonds is 3. The molecule has 0 aromatic heterocycles. The van der Waals surface area contributed by atoms with E-state index in [1.807, 2.05) is 0 Å². The van der Waals surface area contributed by atoms with Crippen molar-refractivity contribution in [2.24, 2.45) is 5.41 Å². The van der Waals surface area contributed by atoms with Crippen LogP contribution in [0.2, 0.25) is 0 Å². The summed E-state index contributed by atoms with van der Waals surface area (Å²) in [6.45, 7) is 11.0. The van der Waals surface area contributed by atoms with Crippen LogP contribution in [0.5, 0.6) is 0 Å². The number of hydrogen-bond acceptors (Lipinski definition) is 3. The van der Waals surface area contributed by atoms with Gasteiger partial charge in [-0.05, 0) is 56.2 Å². The number of aryl methyl sites for hydroxylation is 1. The zero-order chi connectivity index (χ0) is 15.0. The van der Waals surface area contributed by atoms with Gasteiger partial charge in [0.25, 0.3) is 0 Å². The topological polar surface area (TPSA) is 18.5 Å². The number of piperidine rings is 1. The van der Waals surface area contributed by atoms with Gasteiger partial charge in [-0.15, -0.1) is 0 Å². The van der Waals surface area contributed by atoms with Crippen LogP contribution >= 0.6 is 0 Å². The summed E-state index contributed by atoms with van der Waals surface area (Å²) in [6, 6.07) is 9.18. The molecule has 22 heavy (non-hydrogen) atoms. The van der Waals surface area contributed by atoms with E-state index in [-0.39, 0.29) is 0 Å². The molecule has 0 aliphatic carbocycles. The summed E-state index contributed by atoms with van der Waals surface area (Å²) in [5, 5.41) is 3.50. The lowest BCUT2D eigenvalue weighted by Crippen LogP contribution is -2.61. The summed E-state index contributed by atoms with van der Waals surface area (Å²) < 4.78 is 0. The maximum absolute atomic E-state index is 3.50. The molecule has 0 bridgehead atoms. The molecule has 3 aliphatic heterocycles. The van der Waals surface area contributed by atoms with Crippen LogP contribution in [0.4, 0.5) is 0 Å². The summed E-state index contributed by atoms with van der Waals surface area (Å²) in [5.41, 5.74) is 3.57. The first-order valence-corrected chi connectivity index (χ1v) is 8.95. The van der Waals surface area contributed by atoms with Gasteiger partial charge < -0.3 is 5.32 Å². The van der Waals surface area contributed by atoms with Crippen LogP contribution in [0.15, 0.2) is 24.3 Å². The first-order chi connectivity index (χ1) is 10.7. The fraction of sp³-hybridized carbons (Fsp3) is 0.684. The van der Waals surface area contributed by atoms with Gasteiger partial charge >= 0.3 is 0 Å². The molecule has 3 heterocycles. The first kappa shape index (κ1) is 14.7. The zero-order valence-electron chi connectivity index (χ0n) is 13.9. The Hall–Kier alpha value is -0.900. The van der Waals surface area contributed by atoms with E-state index < -0.39 is 0 Å². The Labute approximate surface area is 134 Å². The van der Waals surface area contributed by atoms with Gasteiger partial charge in [0, 0.05) is 26.2 Å². The van der Waals surface area contributed by atoms with Crippen molar-refractivity contribution in [3.63, 3.8) is 0 Å². The lowest BCUT2D eigenvalue weighted by molar-refractivity contribution is -0.0497. The maximum Gasteiger partial charge on any atom is 0.0506 e. The van der Waals surface area contributed by atoms with Gasteiger partial charge in [-0.1, -0.05) is 29.8 Å². The van der Waals surface area contributed by atoms with Gasteiger partial charge in [0.15, 0.2) is 0 Å². The third-order valence-corrected chi connectivity index (χ3v) is 6.00. The van der Waals surface area contributed by atoms with Crippen molar-refractivity contribution in [1.29, 1.82) is 0 Å². The lowest BCUT2D eigenvalue weighted by Gasteiger charge is -2.53. The molecule has 1 spiro atoms. The van der Waals surface area contributed by atoms with Crippen LogP contribution in [0.25, 0.3) is 0 Å². The molecule has 3 saturated heterocycles. The Balaban J connectivity index is 1.26. The second-order valence-electron chi connectivity index (χ2n) is 7.85. The third-order valence-electron chi connectivity index (χ3n) is 6.00. The van der Waals surface area contributed by atoms with E-state index >= 15 is 0 Å². The van der Waals surface area contributed by atoms with Crippen molar-refractivity contribution in [3.05, 3.63) is 35.4 Å². The monoisotopic (exact) mass is 299 g/mol. The quantitative estimate of drug-likeness (QED) is 0.925. The van der Waals surface area contributed by atoms with Crippen molar-refractivity contribution in [2.45, 2.75) is 32.1 Å². The number of nitrogens with one attached hydrogen (secondary N) is 1. The fourth-order valence-electron chi connectivity index (χ4n) is 4.63. The number of hydrogen-bond donors (Lipinski definition) is 1. The molecular weight excluding hydrogens is 270 g/mol. The standard InChI is InChI=1S/C19H29N3/c1-16-2-4-17(5-3-16)18-6-11-21(12-18)15-22-13-19(14-22)7-9-20-10-8-19/h2-5,18,20H,6-15H2,1H3. The summed E-state index contributed by atoms with van der Waals surface area (Å²) in [5.74, 6) is 0.745.